The van der Waals surface area contributed by atoms with Crippen LogP contribution in [0, 0.1) is 0 Å². The van der Waals surface area contributed by atoms with Crippen LogP contribution in [0.2, 0.25) is 0 Å². The summed E-state index contributed by atoms with van der Waals surface area (Å²) < 4.78 is 37.5. The molecule has 26 heavy (non-hydrogen) atoms. The van der Waals surface area contributed by atoms with Gasteiger partial charge in [0.1, 0.15) is 5.75 Å². The Morgan fingerprint density at radius 2 is 1.73 bits per heavy atom. The van der Waals surface area contributed by atoms with Gasteiger partial charge in [-0.05, 0) is 56.3 Å². The second kappa shape index (κ2) is 8.01. The topological polar surface area (TPSA) is 98.8 Å². The zero-order chi connectivity index (χ0) is 19.3. The summed E-state index contributed by atoms with van der Waals surface area (Å²) in [4.78, 5) is 23.2. The summed E-state index contributed by atoms with van der Waals surface area (Å²) in [5.41, 5.74) is 0.389. The molecule has 0 heterocycles. The van der Waals surface area contributed by atoms with Gasteiger partial charge in [0.05, 0.1) is 17.6 Å². The number of carbonyl (C=O) groups is 2. The van der Waals surface area contributed by atoms with Crippen LogP contribution in [-0.2, 0) is 19.6 Å². The van der Waals surface area contributed by atoms with Gasteiger partial charge in [0.2, 0.25) is 0 Å². The van der Waals surface area contributed by atoms with Gasteiger partial charge in [-0.3, -0.25) is 9.52 Å². The van der Waals surface area contributed by atoms with Gasteiger partial charge in [0.25, 0.3) is 10.0 Å². The zero-order valence-electron chi connectivity index (χ0n) is 14.6. The summed E-state index contributed by atoms with van der Waals surface area (Å²) in [5.74, 6) is -0.477. The molecule has 0 aliphatic carbocycles. The first-order chi connectivity index (χ1) is 12.2. The molecule has 0 bridgehead atoms. The SMILES string of the molecule is COc1ccc(NS(=O)(=O)c2cccc(C(=O)OC(C)C(C)=O)c2)cc1. The fourth-order valence-corrected chi connectivity index (χ4v) is 3.08. The van der Waals surface area contributed by atoms with E-state index in [9.17, 15) is 18.0 Å². The van der Waals surface area contributed by atoms with Crippen LogP contribution in [0.15, 0.2) is 53.4 Å². The van der Waals surface area contributed by atoms with E-state index >= 15 is 0 Å². The number of hydrogen-bond donors (Lipinski definition) is 1. The van der Waals surface area contributed by atoms with Gasteiger partial charge in [-0.15, -0.1) is 0 Å². The van der Waals surface area contributed by atoms with Crippen molar-refractivity contribution in [1.82, 2.24) is 0 Å². The monoisotopic (exact) mass is 377 g/mol. The summed E-state index contributed by atoms with van der Waals surface area (Å²) in [5, 5.41) is 0. The Hall–Kier alpha value is -2.87. The molecular weight excluding hydrogens is 358 g/mol. The number of carbonyl (C=O) groups excluding carboxylic acids is 2. The van der Waals surface area contributed by atoms with Crippen molar-refractivity contribution in [3.63, 3.8) is 0 Å². The van der Waals surface area contributed by atoms with Crippen molar-refractivity contribution in [2.45, 2.75) is 24.8 Å². The van der Waals surface area contributed by atoms with E-state index in [2.05, 4.69) is 4.72 Å². The molecule has 2 rings (SSSR count). The summed E-state index contributed by atoms with van der Waals surface area (Å²) >= 11 is 0. The van der Waals surface area contributed by atoms with Gasteiger partial charge in [0, 0.05) is 5.69 Å². The Morgan fingerprint density at radius 1 is 1.08 bits per heavy atom. The van der Waals surface area contributed by atoms with Gasteiger partial charge in [0.15, 0.2) is 11.9 Å². The largest absolute Gasteiger partial charge is 0.497 e. The molecule has 1 unspecified atom stereocenters. The predicted octanol–water partition coefficient (Wildman–Crippen LogP) is 2.63. The van der Waals surface area contributed by atoms with E-state index in [1.54, 1.807) is 24.3 Å². The van der Waals surface area contributed by atoms with Crippen LogP contribution in [0.5, 0.6) is 5.75 Å². The number of rotatable bonds is 7. The first kappa shape index (κ1) is 19.5. The summed E-state index contributed by atoms with van der Waals surface area (Å²) in [6.45, 7) is 2.75. The smallest absolute Gasteiger partial charge is 0.338 e. The molecule has 138 valence electrons. The van der Waals surface area contributed by atoms with E-state index in [-0.39, 0.29) is 16.2 Å². The third-order valence-corrected chi connectivity index (χ3v) is 4.96. The van der Waals surface area contributed by atoms with Crippen molar-refractivity contribution in [2.24, 2.45) is 0 Å². The van der Waals surface area contributed by atoms with Crippen LogP contribution in [-0.4, -0.2) is 33.4 Å². The van der Waals surface area contributed by atoms with Crippen LogP contribution in [0.3, 0.4) is 0 Å². The van der Waals surface area contributed by atoms with Crippen molar-refractivity contribution in [2.75, 3.05) is 11.8 Å². The lowest BCUT2D eigenvalue weighted by molar-refractivity contribution is -0.124. The molecular formula is C18H19NO6S. The molecule has 0 fully saturated rings. The molecule has 7 nitrogen and oxygen atoms in total. The summed E-state index contributed by atoms with van der Waals surface area (Å²) in [6.07, 6.45) is -0.903. The lowest BCUT2D eigenvalue weighted by Crippen LogP contribution is -2.22. The molecule has 0 saturated carbocycles. The highest BCUT2D eigenvalue weighted by atomic mass is 32.2. The van der Waals surface area contributed by atoms with Gasteiger partial charge in [-0.1, -0.05) is 6.07 Å². The molecule has 0 radical (unpaired) electrons. The van der Waals surface area contributed by atoms with Crippen LogP contribution in [0.1, 0.15) is 24.2 Å². The number of nitrogens with one attached hydrogen (secondary N) is 1. The second-order valence-corrected chi connectivity index (χ2v) is 7.20. The number of Topliss-reactive ketones (excluding diaryl/α,β-unsaturated/α-hetero) is 1. The Bertz CT molecular complexity index is 906. The number of anilines is 1. The van der Waals surface area contributed by atoms with E-state index in [0.717, 1.165) is 0 Å². The van der Waals surface area contributed by atoms with E-state index in [1.165, 1.54) is 45.2 Å². The maximum Gasteiger partial charge on any atom is 0.338 e. The number of benzene rings is 2. The summed E-state index contributed by atoms with van der Waals surface area (Å²) in [7, 11) is -2.39. The normalized spacial score (nSPS) is 12.1. The van der Waals surface area contributed by atoms with Crippen LogP contribution < -0.4 is 9.46 Å². The third-order valence-electron chi connectivity index (χ3n) is 3.58. The molecule has 0 saturated heterocycles. The molecule has 0 aromatic heterocycles. The molecule has 0 amide bonds. The van der Waals surface area contributed by atoms with Crippen LogP contribution in [0.4, 0.5) is 5.69 Å². The summed E-state index contributed by atoms with van der Waals surface area (Å²) in [6, 6.07) is 11.8. The van der Waals surface area contributed by atoms with E-state index in [1.807, 2.05) is 0 Å². The van der Waals surface area contributed by atoms with Gasteiger partial charge >= 0.3 is 5.97 Å². The number of ether oxygens (including phenoxy) is 2. The van der Waals surface area contributed by atoms with Gasteiger partial charge in [-0.2, -0.15) is 0 Å². The third kappa shape index (κ3) is 4.82. The Labute approximate surface area is 152 Å². The molecule has 0 aliphatic heterocycles. The number of sulfonamides is 1. The minimum absolute atomic E-state index is 0.0377. The number of methoxy groups -OCH3 is 1. The Balaban J connectivity index is 2.21. The molecule has 0 aliphatic rings. The number of hydrogen-bond acceptors (Lipinski definition) is 6. The van der Waals surface area contributed by atoms with E-state index in [0.29, 0.717) is 11.4 Å². The molecule has 2 aromatic carbocycles. The van der Waals surface area contributed by atoms with Crippen molar-refractivity contribution in [1.29, 1.82) is 0 Å². The van der Waals surface area contributed by atoms with E-state index < -0.39 is 22.1 Å². The Kier molecular flexibility index (Phi) is 5.99. The lowest BCUT2D eigenvalue weighted by atomic mass is 10.2. The van der Waals surface area contributed by atoms with Crippen molar-refractivity contribution in [3.8, 4) is 5.75 Å². The Morgan fingerprint density at radius 3 is 2.31 bits per heavy atom. The quantitative estimate of drug-likeness (QED) is 0.745. The predicted molar refractivity (Wildman–Crippen MR) is 95.8 cm³/mol. The van der Waals surface area contributed by atoms with Crippen LogP contribution in [0.25, 0.3) is 0 Å². The van der Waals surface area contributed by atoms with Gasteiger partial charge in [-0.25, -0.2) is 13.2 Å². The lowest BCUT2D eigenvalue weighted by Gasteiger charge is -2.12. The highest BCUT2D eigenvalue weighted by Gasteiger charge is 2.19. The highest BCUT2D eigenvalue weighted by Crippen LogP contribution is 2.20. The fourth-order valence-electron chi connectivity index (χ4n) is 1.97. The number of ketones is 1. The maximum atomic E-state index is 12.5. The standard InChI is InChI=1S/C18H19NO6S/c1-12(20)13(2)25-18(21)14-5-4-6-17(11-14)26(22,23)19-15-7-9-16(24-3)10-8-15/h4-11,13,19H,1-3H3. The second-order valence-electron chi connectivity index (χ2n) is 5.52. The average molecular weight is 377 g/mol. The highest BCUT2D eigenvalue weighted by molar-refractivity contribution is 7.92. The molecule has 8 heteroatoms. The van der Waals surface area contributed by atoms with Crippen molar-refractivity contribution < 1.29 is 27.5 Å². The molecule has 0 spiro atoms. The van der Waals surface area contributed by atoms with E-state index in [4.69, 9.17) is 9.47 Å². The van der Waals surface area contributed by atoms with Crippen LogP contribution >= 0.6 is 0 Å². The average Bonchev–Trinajstić information content (AvgIpc) is 2.62. The first-order valence-corrected chi connectivity index (χ1v) is 9.19. The fraction of sp³-hybridized carbons (Fsp3) is 0.222. The zero-order valence-corrected chi connectivity index (χ0v) is 15.4. The van der Waals surface area contributed by atoms with Gasteiger partial charge < -0.3 is 9.47 Å². The molecule has 1 N–H and O–H groups in total. The molecule has 1 atom stereocenters. The number of esters is 1. The maximum absolute atomic E-state index is 12.5. The first-order valence-electron chi connectivity index (χ1n) is 7.71. The minimum atomic E-state index is -3.90. The van der Waals surface area contributed by atoms with Crippen molar-refractivity contribution >= 4 is 27.5 Å². The molecule has 2 aromatic rings. The van der Waals surface area contributed by atoms with Crippen molar-refractivity contribution in [3.05, 3.63) is 54.1 Å². The minimum Gasteiger partial charge on any atom is -0.497 e.